The lowest BCUT2D eigenvalue weighted by molar-refractivity contribution is -0.141. The summed E-state index contributed by atoms with van der Waals surface area (Å²) in [5, 5.41) is 8.88. The quantitative estimate of drug-likeness (QED) is 0.797. The first-order chi connectivity index (χ1) is 6.57. The van der Waals surface area contributed by atoms with Crippen LogP contribution in [-0.4, -0.2) is 20.6 Å². The Morgan fingerprint density at radius 3 is 2.79 bits per heavy atom. The van der Waals surface area contributed by atoms with Crippen LogP contribution in [0.3, 0.4) is 0 Å². The highest BCUT2D eigenvalue weighted by atomic mass is 16.4. The van der Waals surface area contributed by atoms with Crippen LogP contribution in [0.2, 0.25) is 0 Å². The maximum Gasteiger partial charge on any atom is 0.306 e. The Kier molecular flexibility index (Phi) is 3.28. The third-order valence-corrected chi connectivity index (χ3v) is 2.64. The van der Waals surface area contributed by atoms with E-state index in [0.717, 1.165) is 12.4 Å². The van der Waals surface area contributed by atoms with E-state index in [1.807, 2.05) is 24.6 Å². The summed E-state index contributed by atoms with van der Waals surface area (Å²) >= 11 is 0. The van der Waals surface area contributed by atoms with Crippen molar-refractivity contribution in [1.29, 1.82) is 0 Å². The molecule has 0 saturated carbocycles. The van der Waals surface area contributed by atoms with E-state index in [1.54, 1.807) is 13.1 Å². The van der Waals surface area contributed by atoms with Crippen molar-refractivity contribution in [2.45, 2.75) is 33.2 Å². The van der Waals surface area contributed by atoms with Crippen molar-refractivity contribution in [3.05, 3.63) is 18.2 Å². The van der Waals surface area contributed by atoms with Gasteiger partial charge in [-0.1, -0.05) is 13.8 Å². The molecule has 0 bridgehead atoms. The van der Waals surface area contributed by atoms with Crippen LogP contribution in [0.1, 0.15) is 32.5 Å². The van der Waals surface area contributed by atoms with Gasteiger partial charge in [0.25, 0.3) is 0 Å². The maximum atomic E-state index is 10.8. The van der Waals surface area contributed by atoms with E-state index in [0.29, 0.717) is 0 Å². The number of carboxylic acids is 1. The summed E-state index contributed by atoms with van der Waals surface area (Å²) in [6.07, 6.45) is 3.59. The molecule has 78 valence electrons. The Bertz CT molecular complexity index is 320. The van der Waals surface area contributed by atoms with E-state index in [9.17, 15) is 4.79 Å². The number of aryl methyl sites for hydroxylation is 1. The molecule has 1 aromatic heterocycles. The molecule has 1 N–H and O–H groups in total. The van der Waals surface area contributed by atoms with E-state index in [1.165, 1.54) is 0 Å². The second kappa shape index (κ2) is 4.26. The molecule has 0 aliphatic rings. The summed E-state index contributed by atoms with van der Waals surface area (Å²) in [7, 11) is 0. The molecule has 2 unspecified atom stereocenters. The molecule has 0 saturated heterocycles. The molecule has 1 rings (SSSR count). The number of rotatable bonds is 4. The first kappa shape index (κ1) is 10.8. The SMILES string of the molecule is CCn1ccnc1C(C)C(C)C(=O)O. The molecule has 1 aromatic rings. The molecule has 0 fully saturated rings. The Hall–Kier alpha value is -1.32. The average molecular weight is 196 g/mol. The molecule has 14 heavy (non-hydrogen) atoms. The van der Waals surface area contributed by atoms with Crippen molar-refractivity contribution in [3.8, 4) is 0 Å². The van der Waals surface area contributed by atoms with Gasteiger partial charge in [-0.3, -0.25) is 4.79 Å². The van der Waals surface area contributed by atoms with E-state index >= 15 is 0 Å². The van der Waals surface area contributed by atoms with Gasteiger partial charge in [-0.15, -0.1) is 0 Å². The van der Waals surface area contributed by atoms with Crippen LogP contribution in [0.4, 0.5) is 0 Å². The molecule has 4 nitrogen and oxygen atoms in total. The molecule has 4 heteroatoms. The number of aromatic nitrogens is 2. The lowest BCUT2D eigenvalue weighted by Crippen LogP contribution is -2.19. The molecular weight excluding hydrogens is 180 g/mol. The fourth-order valence-corrected chi connectivity index (χ4v) is 1.42. The predicted octanol–water partition coefficient (Wildman–Crippen LogP) is 1.73. The first-order valence-corrected chi connectivity index (χ1v) is 4.81. The zero-order valence-electron chi connectivity index (χ0n) is 8.77. The summed E-state index contributed by atoms with van der Waals surface area (Å²) in [5.74, 6) is -0.379. The largest absolute Gasteiger partial charge is 0.481 e. The second-order valence-corrected chi connectivity index (χ2v) is 3.49. The molecule has 0 aromatic carbocycles. The number of hydrogen-bond acceptors (Lipinski definition) is 2. The van der Waals surface area contributed by atoms with Crippen LogP contribution in [0, 0.1) is 5.92 Å². The monoisotopic (exact) mass is 196 g/mol. The average Bonchev–Trinajstić information content (AvgIpc) is 2.62. The van der Waals surface area contributed by atoms with Crippen LogP contribution < -0.4 is 0 Å². The lowest BCUT2D eigenvalue weighted by Gasteiger charge is -2.16. The van der Waals surface area contributed by atoms with Gasteiger partial charge in [0, 0.05) is 24.9 Å². The molecule has 0 amide bonds. The summed E-state index contributed by atoms with van der Waals surface area (Å²) in [4.78, 5) is 15.0. The summed E-state index contributed by atoms with van der Waals surface area (Å²) in [5.41, 5.74) is 0. The standard InChI is InChI=1S/C10H16N2O2/c1-4-12-6-5-11-9(12)7(2)8(3)10(13)14/h5-8H,4H2,1-3H3,(H,13,14). The molecule has 0 radical (unpaired) electrons. The van der Waals surface area contributed by atoms with Crippen molar-refractivity contribution in [3.63, 3.8) is 0 Å². The lowest BCUT2D eigenvalue weighted by atomic mass is 9.95. The molecule has 0 spiro atoms. The predicted molar refractivity (Wildman–Crippen MR) is 53.1 cm³/mol. The van der Waals surface area contributed by atoms with Crippen LogP contribution in [-0.2, 0) is 11.3 Å². The Morgan fingerprint density at radius 1 is 1.64 bits per heavy atom. The Balaban J connectivity index is 2.88. The van der Waals surface area contributed by atoms with Gasteiger partial charge in [-0.25, -0.2) is 4.98 Å². The smallest absolute Gasteiger partial charge is 0.306 e. The van der Waals surface area contributed by atoms with Crippen molar-refractivity contribution < 1.29 is 9.90 Å². The van der Waals surface area contributed by atoms with Crippen molar-refractivity contribution in [1.82, 2.24) is 9.55 Å². The third-order valence-electron chi connectivity index (χ3n) is 2.64. The molecular formula is C10H16N2O2. The summed E-state index contributed by atoms with van der Waals surface area (Å²) < 4.78 is 1.98. The Labute approximate surface area is 83.6 Å². The molecule has 0 aliphatic carbocycles. The molecule has 1 heterocycles. The number of imidazole rings is 1. The fraction of sp³-hybridized carbons (Fsp3) is 0.600. The number of nitrogens with zero attached hydrogens (tertiary/aromatic N) is 2. The van der Waals surface area contributed by atoms with Crippen LogP contribution in [0.25, 0.3) is 0 Å². The van der Waals surface area contributed by atoms with Gasteiger partial charge in [-0.05, 0) is 6.92 Å². The zero-order valence-corrected chi connectivity index (χ0v) is 8.77. The highest BCUT2D eigenvalue weighted by molar-refractivity contribution is 5.70. The third kappa shape index (κ3) is 1.95. The zero-order chi connectivity index (χ0) is 10.7. The topological polar surface area (TPSA) is 55.1 Å². The highest BCUT2D eigenvalue weighted by Crippen LogP contribution is 2.22. The number of hydrogen-bond donors (Lipinski definition) is 1. The first-order valence-electron chi connectivity index (χ1n) is 4.81. The highest BCUT2D eigenvalue weighted by Gasteiger charge is 2.23. The van der Waals surface area contributed by atoms with Crippen LogP contribution in [0.5, 0.6) is 0 Å². The van der Waals surface area contributed by atoms with E-state index in [4.69, 9.17) is 5.11 Å². The minimum absolute atomic E-state index is 0.0533. The van der Waals surface area contributed by atoms with Gasteiger partial charge in [-0.2, -0.15) is 0 Å². The van der Waals surface area contributed by atoms with Crippen molar-refractivity contribution >= 4 is 5.97 Å². The van der Waals surface area contributed by atoms with E-state index in [2.05, 4.69) is 4.98 Å². The van der Waals surface area contributed by atoms with Crippen LogP contribution >= 0.6 is 0 Å². The van der Waals surface area contributed by atoms with Crippen LogP contribution in [0.15, 0.2) is 12.4 Å². The number of carboxylic acid groups (broad SMARTS) is 1. The van der Waals surface area contributed by atoms with Gasteiger partial charge < -0.3 is 9.67 Å². The van der Waals surface area contributed by atoms with Gasteiger partial charge >= 0.3 is 5.97 Å². The van der Waals surface area contributed by atoms with Crippen molar-refractivity contribution in [2.75, 3.05) is 0 Å². The number of carbonyl (C=O) groups is 1. The van der Waals surface area contributed by atoms with Gasteiger partial charge in [0.2, 0.25) is 0 Å². The minimum Gasteiger partial charge on any atom is -0.481 e. The Morgan fingerprint density at radius 2 is 2.29 bits per heavy atom. The fourth-order valence-electron chi connectivity index (χ4n) is 1.42. The second-order valence-electron chi connectivity index (χ2n) is 3.49. The summed E-state index contributed by atoms with van der Waals surface area (Å²) in [6, 6.07) is 0. The molecule has 0 aliphatic heterocycles. The van der Waals surface area contributed by atoms with Gasteiger partial charge in [0.15, 0.2) is 0 Å². The van der Waals surface area contributed by atoms with Crippen molar-refractivity contribution in [2.24, 2.45) is 5.92 Å². The van der Waals surface area contributed by atoms with E-state index in [-0.39, 0.29) is 5.92 Å². The maximum absolute atomic E-state index is 10.8. The van der Waals surface area contributed by atoms with Gasteiger partial charge in [0.05, 0.1) is 5.92 Å². The summed E-state index contributed by atoms with van der Waals surface area (Å²) in [6.45, 7) is 6.45. The normalized spacial score (nSPS) is 15.1. The molecule has 2 atom stereocenters. The van der Waals surface area contributed by atoms with E-state index < -0.39 is 11.9 Å². The number of aliphatic carboxylic acids is 1. The van der Waals surface area contributed by atoms with Gasteiger partial charge in [0.1, 0.15) is 5.82 Å². The minimum atomic E-state index is -0.775.